The zero-order valence-corrected chi connectivity index (χ0v) is 12.4. The van der Waals surface area contributed by atoms with Crippen molar-refractivity contribution in [2.75, 3.05) is 5.33 Å². The third-order valence-electron chi connectivity index (χ3n) is 3.24. The number of alkyl halides is 1. The number of pyridine rings is 1. The molecule has 0 aliphatic heterocycles. The Labute approximate surface area is 114 Å². The molecule has 0 amide bonds. The van der Waals surface area contributed by atoms with Crippen molar-refractivity contribution in [3.8, 4) is 0 Å². The second kappa shape index (κ2) is 4.88. The second-order valence-corrected chi connectivity index (χ2v) is 6.17. The lowest BCUT2D eigenvalue weighted by atomic mass is 9.82. The molecule has 0 bridgehead atoms. The van der Waals surface area contributed by atoms with Crippen molar-refractivity contribution in [1.82, 2.24) is 9.55 Å². The van der Waals surface area contributed by atoms with Crippen LogP contribution in [0.4, 0.5) is 0 Å². The molecule has 2 aromatic rings. The second-order valence-electron chi connectivity index (χ2n) is 5.52. The molecule has 98 valence electrons. The molecule has 0 aromatic carbocycles. The molecule has 0 saturated heterocycles. The molecular formula is C13H17BrN2O2. The standard InChI is InChI=1S/C13H17BrN2O2/c1-13(2,3)9(7-14)8-16-11-10(18-12(16)17)5-4-6-15-11/h4-6,9H,7-8H2,1-3H3. The third-order valence-corrected chi connectivity index (χ3v) is 4.02. The van der Waals surface area contributed by atoms with E-state index in [0.29, 0.717) is 23.7 Å². The van der Waals surface area contributed by atoms with Gasteiger partial charge in [-0.3, -0.25) is 4.57 Å². The molecule has 0 spiro atoms. The molecule has 0 fully saturated rings. The SMILES string of the molecule is CC(C)(C)C(CBr)Cn1c(=O)oc2cccnc21. The Morgan fingerprint density at radius 2 is 2.22 bits per heavy atom. The lowest BCUT2D eigenvalue weighted by Gasteiger charge is -2.28. The number of rotatable bonds is 3. The van der Waals surface area contributed by atoms with Crippen LogP contribution in [0.2, 0.25) is 0 Å². The fourth-order valence-electron chi connectivity index (χ4n) is 1.84. The van der Waals surface area contributed by atoms with Gasteiger partial charge in [-0.2, -0.15) is 0 Å². The van der Waals surface area contributed by atoms with Gasteiger partial charge in [-0.15, -0.1) is 0 Å². The number of nitrogens with zero attached hydrogens (tertiary/aromatic N) is 2. The molecule has 1 unspecified atom stereocenters. The molecule has 4 nitrogen and oxygen atoms in total. The van der Waals surface area contributed by atoms with Gasteiger partial charge in [-0.25, -0.2) is 9.78 Å². The monoisotopic (exact) mass is 312 g/mol. The highest BCUT2D eigenvalue weighted by atomic mass is 79.9. The van der Waals surface area contributed by atoms with Crippen molar-refractivity contribution in [3.05, 3.63) is 28.9 Å². The minimum atomic E-state index is -0.334. The Kier molecular flexibility index (Phi) is 3.61. The molecule has 1 atom stereocenters. The van der Waals surface area contributed by atoms with Crippen LogP contribution in [-0.4, -0.2) is 14.9 Å². The van der Waals surface area contributed by atoms with Gasteiger partial charge in [0.1, 0.15) is 0 Å². The molecule has 0 aliphatic carbocycles. The fraction of sp³-hybridized carbons (Fsp3) is 0.538. The molecule has 2 aromatic heterocycles. The van der Waals surface area contributed by atoms with Crippen molar-refractivity contribution in [2.24, 2.45) is 11.3 Å². The summed E-state index contributed by atoms with van der Waals surface area (Å²) in [7, 11) is 0. The first kappa shape index (κ1) is 13.3. The first-order valence-corrected chi connectivity index (χ1v) is 7.06. The van der Waals surface area contributed by atoms with Gasteiger partial charge in [0, 0.05) is 18.1 Å². The smallest absolute Gasteiger partial charge is 0.406 e. The Morgan fingerprint density at radius 1 is 1.50 bits per heavy atom. The van der Waals surface area contributed by atoms with Crippen molar-refractivity contribution in [3.63, 3.8) is 0 Å². The van der Waals surface area contributed by atoms with E-state index in [1.165, 1.54) is 0 Å². The van der Waals surface area contributed by atoms with Gasteiger partial charge >= 0.3 is 5.76 Å². The van der Waals surface area contributed by atoms with Gasteiger partial charge in [0.2, 0.25) is 0 Å². The summed E-state index contributed by atoms with van der Waals surface area (Å²) >= 11 is 3.52. The lowest BCUT2D eigenvalue weighted by Crippen LogP contribution is -2.30. The van der Waals surface area contributed by atoms with Crippen molar-refractivity contribution < 1.29 is 4.42 Å². The average molecular weight is 313 g/mol. The Hall–Kier alpha value is -1.10. The van der Waals surface area contributed by atoms with E-state index < -0.39 is 0 Å². The molecule has 2 heterocycles. The molecule has 0 radical (unpaired) electrons. The first-order valence-electron chi connectivity index (χ1n) is 5.94. The third kappa shape index (κ3) is 2.51. The van der Waals surface area contributed by atoms with Gasteiger partial charge in [-0.1, -0.05) is 36.7 Å². The van der Waals surface area contributed by atoms with E-state index in [9.17, 15) is 4.79 Å². The van der Waals surface area contributed by atoms with Crippen LogP contribution in [0.25, 0.3) is 11.2 Å². The maximum atomic E-state index is 11.9. The van der Waals surface area contributed by atoms with Crippen molar-refractivity contribution in [2.45, 2.75) is 27.3 Å². The highest BCUT2D eigenvalue weighted by Gasteiger charge is 2.25. The number of hydrogen-bond donors (Lipinski definition) is 0. The zero-order valence-electron chi connectivity index (χ0n) is 10.8. The maximum Gasteiger partial charge on any atom is 0.421 e. The van der Waals surface area contributed by atoms with Crippen LogP contribution >= 0.6 is 15.9 Å². The summed E-state index contributed by atoms with van der Waals surface area (Å²) in [4.78, 5) is 16.1. The number of fused-ring (bicyclic) bond motifs is 1. The number of oxazole rings is 1. The quantitative estimate of drug-likeness (QED) is 0.818. The minimum Gasteiger partial charge on any atom is -0.406 e. The molecule has 18 heavy (non-hydrogen) atoms. The number of hydrogen-bond acceptors (Lipinski definition) is 3. The first-order chi connectivity index (χ1) is 8.43. The van der Waals surface area contributed by atoms with Crippen LogP contribution in [-0.2, 0) is 6.54 Å². The maximum absolute atomic E-state index is 11.9. The fourth-order valence-corrected chi connectivity index (χ4v) is 3.01. The molecule has 0 aliphatic rings. The molecule has 0 saturated carbocycles. The molecule has 5 heteroatoms. The van der Waals surface area contributed by atoms with Gasteiger partial charge in [0.15, 0.2) is 11.2 Å². The van der Waals surface area contributed by atoms with Crippen LogP contribution in [0.15, 0.2) is 27.5 Å². The Balaban J connectivity index is 2.43. The predicted octanol–water partition coefficient (Wildman–Crippen LogP) is 3.05. The van der Waals surface area contributed by atoms with E-state index in [0.717, 1.165) is 5.33 Å². The van der Waals surface area contributed by atoms with Crippen LogP contribution in [0.1, 0.15) is 20.8 Å². The highest BCUT2D eigenvalue weighted by Crippen LogP contribution is 2.29. The van der Waals surface area contributed by atoms with Crippen molar-refractivity contribution >= 4 is 27.2 Å². The molecular weight excluding hydrogens is 296 g/mol. The van der Waals surface area contributed by atoms with E-state index >= 15 is 0 Å². The van der Waals surface area contributed by atoms with Gasteiger partial charge in [-0.05, 0) is 23.5 Å². The summed E-state index contributed by atoms with van der Waals surface area (Å²) in [6.45, 7) is 7.11. The summed E-state index contributed by atoms with van der Waals surface area (Å²) in [5, 5.41) is 0.836. The van der Waals surface area contributed by atoms with Gasteiger partial charge in [0.05, 0.1) is 0 Å². The van der Waals surface area contributed by atoms with E-state index in [1.54, 1.807) is 22.9 Å². The van der Waals surface area contributed by atoms with Gasteiger partial charge in [0.25, 0.3) is 0 Å². The normalized spacial score (nSPS) is 14.0. The molecule has 2 rings (SSSR count). The molecule has 0 N–H and O–H groups in total. The Bertz CT molecular complexity index is 595. The highest BCUT2D eigenvalue weighted by molar-refractivity contribution is 9.09. The summed E-state index contributed by atoms with van der Waals surface area (Å²) in [6.07, 6.45) is 1.67. The lowest BCUT2D eigenvalue weighted by molar-refractivity contribution is 0.236. The zero-order chi connectivity index (χ0) is 13.3. The average Bonchev–Trinajstić information content (AvgIpc) is 2.60. The van der Waals surface area contributed by atoms with E-state index in [2.05, 4.69) is 41.7 Å². The van der Waals surface area contributed by atoms with Crippen LogP contribution < -0.4 is 5.76 Å². The predicted molar refractivity (Wildman–Crippen MR) is 75.0 cm³/mol. The topological polar surface area (TPSA) is 48.0 Å². The largest absolute Gasteiger partial charge is 0.421 e. The summed E-state index contributed by atoms with van der Waals surface area (Å²) in [6, 6.07) is 3.53. The van der Waals surface area contributed by atoms with Crippen molar-refractivity contribution in [1.29, 1.82) is 0 Å². The van der Waals surface area contributed by atoms with Crippen LogP contribution in [0.3, 0.4) is 0 Å². The Morgan fingerprint density at radius 3 is 2.83 bits per heavy atom. The number of aromatic nitrogens is 2. The number of halogens is 1. The minimum absolute atomic E-state index is 0.112. The van der Waals surface area contributed by atoms with E-state index in [1.807, 2.05) is 0 Å². The van der Waals surface area contributed by atoms with Gasteiger partial charge < -0.3 is 4.42 Å². The van der Waals surface area contributed by atoms with Crippen LogP contribution in [0, 0.1) is 11.3 Å². The summed E-state index contributed by atoms with van der Waals surface area (Å²) < 4.78 is 6.80. The van der Waals surface area contributed by atoms with E-state index in [4.69, 9.17) is 4.42 Å². The van der Waals surface area contributed by atoms with Crippen LogP contribution in [0.5, 0.6) is 0 Å². The summed E-state index contributed by atoms with van der Waals surface area (Å²) in [5.41, 5.74) is 1.28. The van der Waals surface area contributed by atoms with E-state index in [-0.39, 0.29) is 11.2 Å². The summed E-state index contributed by atoms with van der Waals surface area (Å²) in [5.74, 6) is -0.00286.